The Balaban J connectivity index is 1.69. The normalized spacial score (nSPS) is 15.6. The van der Waals surface area contributed by atoms with Crippen molar-refractivity contribution in [3.63, 3.8) is 0 Å². The molecule has 4 aromatic carbocycles. The summed E-state index contributed by atoms with van der Waals surface area (Å²) in [6.45, 7) is 11.5. The summed E-state index contributed by atoms with van der Waals surface area (Å²) in [5.74, 6) is -0.302. The maximum atomic E-state index is 12.1. The number of esters is 1. The Morgan fingerprint density at radius 1 is 0.649 bits per heavy atom. The Morgan fingerprint density at radius 2 is 1.27 bits per heavy atom. The summed E-state index contributed by atoms with van der Waals surface area (Å²) in [5.41, 5.74) is 11.9. The number of aryl methyl sites for hydroxylation is 1. The average molecular weight is 489 g/mol. The van der Waals surface area contributed by atoms with Gasteiger partial charge in [0.15, 0.2) is 0 Å². The van der Waals surface area contributed by atoms with E-state index < -0.39 is 0 Å². The summed E-state index contributed by atoms with van der Waals surface area (Å²) >= 11 is 0. The van der Waals surface area contributed by atoms with Crippen molar-refractivity contribution in [2.75, 3.05) is 7.11 Å². The number of hydrogen-bond acceptors (Lipinski definition) is 2. The molecule has 0 heterocycles. The molecule has 188 valence electrons. The molecule has 0 N–H and O–H groups in total. The lowest BCUT2D eigenvalue weighted by Crippen LogP contribution is -2.33. The highest BCUT2D eigenvalue weighted by Crippen LogP contribution is 2.47. The molecule has 0 amide bonds. The fourth-order valence-corrected chi connectivity index (χ4v) is 5.77. The quantitative estimate of drug-likeness (QED) is 0.268. The minimum Gasteiger partial charge on any atom is -0.465 e. The van der Waals surface area contributed by atoms with E-state index in [0.717, 1.165) is 16.7 Å². The van der Waals surface area contributed by atoms with Gasteiger partial charge in [-0.05, 0) is 92.8 Å². The van der Waals surface area contributed by atoms with Gasteiger partial charge in [0, 0.05) is 0 Å². The molecule has 0 atom stereocenters. The van der Waals surface area contributed by atoms with Gasteiger partial charge in [0.05, 0.1) is 12.7 Å². The van der Waals surface area contributed by atoms with Crippen molar-refractivity contribution in [2.45, 2.75) is 58.3 Å². The largest absolute Gasteiger partial charge is 0.465 e. The third-order valence-corrected chi connectivity index (χ3v) is 8.23. The molecule has 5 rings (SSSR count). The van der Waals surface area contributed by atoms with Gasteiger partial charge in [-0.3, -0.25) is 0 Å². The molecule has 0 spiro atoms. The van der Waals surface area contributed by atoms with Gasteiger partial charge in [0.25, 0.3) is 0 Å². The first-order valence-corrected chi connectivity index (χ1v) is 13.1. The zero-order valence-corrected chi connectivity index (χ0v) is 22.8. The molecule has 0 fully saturated rings. The van der Waals surface area contributed by atoms with Crippen LogP contribution in [0.4, 0.5) is 0 Å². The zero-order chi connectivity index (χ0) is 26.4. The molecule has 2 nitrogen and oxygen atoms in total. The van der Waals surface area contributed by atoms with Gasteiger partial charge in [0.1, 0.15) is 0 Å². The lowest BCUT2D eigenvalue weighted by atomic mass is 9.63. The molecule has 1 aliphatic carbocycles. The fraction of sp³-hybridized carbons (Fsp3) is 0.286. The topological polar surface area (TPSA) is 26.3 Å². The molecule has 0 saturated heterocycles. The van der Waals surface area contributed by atoms with E-state index >= 15 is 0 Å². The summed E-state index contributed by atoms with van der Waals surface area (Å²) < 4.78 is 4.94. The second-order valence-electron chi connectivity index (χ2n) is 11.7. The molecule has 0 aliphatic heterocycles. The third-order valence-electron chi connectivity index (χ3n) is 8.23. The van der Waals surface area contributed by atoms with Crippen LogP contribution in [-0.4, -0.2) is 13.1 Å². The second-order valence-corrected chi connectivity index (χ2v) is 11.7. The molecule has 0 bridgehead atoms. The number of methoxy groups -OCH3 is 1. The van der Waals surface area contributed by atoms with Crippen molar-refractivity contribution in [2.24, 2.45) is 0 Å². The van der Waals surface area contributed by atoms with Crippen LogP contribution in [0.3, 0.4) is 0 Å². The van der Waals surface area contributed by atoms with E-state index in [1.807, 2.05) is 19.1 Å². The van der Waals surface area contributed by atoms with Crippen molar-refractivity contribution >= 4 is 5.97 Å². The maximum absolute atomic E-state index is 12.1. The van der Waals surface area contributed by atoms with Crippen molar-refractivity contribution in [3.05, 3.63) is 107 Å². The standard InChI is InChI=1S/C35H36O2/c1-23-20-25(12-15-28(23)33(36)37-6)26-13-16-29(24-10-8-7-9-11-24)30(21-26)27-14-17-31-32(22-27)35(4,5)19-18-34(31,2)3/h7-17,20-22H,18-19H2,1-6H3. The SMILES string of the molecule is COC(=O)c1ccc(-c2ccc(-c3ccccc3)c(-c3ccc4c(c3)C(C)(C)CCC4(C)C)c2)cc1C. The Hall–Kier alpha value is -3.65. The number of carbonyl (C=O) groups is 1. The van der Waals surface area contributed by atoms with E-state index in [1.54, 1.807) is 0 Å². The van der Waals surface area contributed by atoms with Crippen LogP contribution in [-0.2, 0) is 15.6 Å². The lowest BCUT2D eigenvalue weighted by molar-refractivity contribution is 0.0600. The zero-order valence-electron chi connectivity index (χ0n) is 22.8. The molecular formula is C35H36O2. The lowest BCUT2D eigenvalue weighted by Gasteiger charge is -2.42. The van der Waals surface area contributed by atoms with Gasteiger partial charge >= 0.3 is 5.97 Å². The number of hydrogen-bond donors (Lipinski definition) is 0. The van der Waals surface area contributed by atoms with Gasteiger partial charge in [-0.1, -0.05) is 100 Å². The van der Waals surface area contributed by atoms with Crippen molar-refractivity contribution in [1.82, 2.24) is 0 Å². The Bertz CT molecular complexity index is 1470. The van der Waals surface area contributed by atoms with E-state index in [0.29, 0.717) is 5.56 Å². The Labute approximate surface area is 221 Å². The van der Waals surface area contributed by atoms with Gasteiger partial charge in [0.2, 0.25) is 0 Å². The summed E-state index contributed by atoms with van der Waals surface area (Å²) in [6, 6.07) is 30.4. The molecule has 0 unspecified atom stereocenters. The minimum absolute atomic E-state index is 0.145. The smallest absolute Gasteiger partial charge is 0.338 e. The maximum Gasteiger partial charge on any atom is 0.338 e. The van der Waals surface area contributed by atoms with Crippen LogP contribution in [0, 0.1) is 6.92 Å². The summed E-state index contributed by atoms with van der Waals surface area (Å²) in [7, 11) is 1.42. The predicted molar refractivity (Wildman–Crippen MR) is 154 cm³/mol. The molecule has 1 aliphatic rings. The van der Waals surface area contributed by atoms with Crippen LogP contribution in [0.15, 0.2) is 84.9 Å². The van der Waals surface area contributed by atoms with Crippen LogP contribution >= 0.6 is 0 Å². The molecule has 0 saturated carbocycles. The van der Waals surface area contributed by atoms with E-state index in [9.17, 15) is 4.79 Å². The first kappa shape index (κ1) is 25.0. The van der Waals surface area contributed by atoms with Crippen LogP contribution in [0.1, 0.15) is 67.6 Å². The monoisotopic (exact) mass is 488 g/mol. The highest BCUT2D eigenvalue weighted by Gasteiger charge is 2.37. The number of rotatable bonds is 4. The molecule has 0 aromatic heterocycles. The van der Waals surface area contributed by atoms with Crippen molar-refractivity contribution < 1.29 is 9.53 Å². The summed E-state index contributed by atoms with van der Waals surface area (Å²) in [4.78, 5) is 12.1. The van der Waals surface area contributed by atoms with E-state index in [2.05, 4.69) is 100 Å². The van der Waals surface area contributed by atoms with E-state index in [1.165, 1.54) is 53.3 Å². The molecule has 2 heteroatoms. The third kappa shape index (κ3) is 4.62. The number of ether oxygens (including phenoxy) is 1. The van der Waals surface area contributed by atoms with Crippen molar-refractivity contribution in [1.29, 1.82) is 0 Å². The Morgan fingerprint density at radius 3 is 1.95 bits per heavy atom. The first-order chi connectivity index (χ1) is 17.6. The number of fused-ring (bicyclic) bond motifs is 1. The van der Waals surface area contributed by atoms with Gasteiger partial charge in [-0.25, -0.2) is 4.79 Å². The van der Waals surface area contributed by atoms with E-state index in [4.69, 9.17) is 4.74 Å². The average Bonchev–Trinajstić information content (AvgIpc) is 2.91. The van der Waals surface area contributed by atoms with Gasteiger partial charge in [-0.2, -0.15) is 0 Å². The highest BCUT2D eigenvalue weighted by molar-refractivity contribution is 5.92. The summed E-state index contributed by atoms with van der Waals surface area (Å²) in [6.07, 6.45) is 2.39. The predicted octanol–water partition coefficient (Wildman–Crippen LogP) is 9.13. The van der Waals surface area contributed by atoms with Gasteiger partial charge in [-0.15, -0.1) is 0 Å². The van der Waals surface area contributed by atoms with Crippen LogP contribution < -0.4 is 0 Å². The van der Waals surface area contributed by atoms with Crippen LogP contribution in [0.2, 0.25) is 0 Å². The fourth-order valence-electron chi connectivity index (χ4n) is 5.77. The molecule has 4 aromatic rings. The summed E-state index contributed by atoms with van der Waals surface area (Å²) in [5, 5.41) is 0. The highest BCUT2D eigenvalue weighted by atomic mass is 16.5. The molecule has 37 heavy (non-hydrogen) atoms. The van der Waals surface area contributed by atoms with E-state index in [-0.39, 0.29) is 16.8 Å². The van der Waals surface area contributed by atoms with Gasteiger partial charge < -0.3 is 4.74 Å². The van der Waals surface area contributed by atoms with Crippen molar-refractivity contribution in [3.8, 4) is 33.4 Å². The molecule has 0 radical (unpaired) electrons. The number of carbonyl (C=O) groups excluding carboxylic acids is 1. The van der Waals surface area contributed by atoms with Crippen LogP contribution in [0.25, 0.3) is 33.4 Å². The Kier molecular flexibility index (Phi) is 6.31. The van der Waals surface area contributed by atoms with Crippen LogP contribution in [0.5, 0.6) is 0 Å². The molecular weight excluding hydrogens is 452 g/mol. The minimum atomic E-state index is -0.302. The first-order valence-electron chi connectivity index (χ1n) is 13.1. The number of benzene rings is 4. The second kappa shape index (κ2) is 9.34.